The maximum Gasteiger partial charge on any atom is 0.337 e. The van der Waals surface area contributed by atoms with Crippen molar-refractivity contribution in [3.05, 3.63) is 53.8 Å². The fourth-order valence-electron chi connectivity index (χ4n) is 2.35. The molecule has 1 aromatic heterocycles. The van der Waals surface area contributed by atoms with Crippen LogP contribution in [0.25, 0.3) is 22.2 Å². The van der Waals surface area contributed by atoms with Crippen molar-refractivity contribution in [3.8, 4) is 11.3 Å². The number of nitrogens with zero attached hydrogens (tertiary/aromatic N) is 2. The van der Waals surface area contributed by atoms with E-state index in [1.807, 2.05) is 6.07 Å². The highest BCUT2D eigenvalue weighted by atomic mass is 19.1. The van der Waals surface area contributed by atoms with Gasteiger partial charge in [0.2, 0.25) is 0 Å². The first-order chi connectivity index (χ1) is 10.1. The molecule has 0 saturated heterocycles. The van der Waals surface area contributed by atoms with Gasteiger partial charge in [-0.05, 0) is 24.3 Å². The second-order valence-electron chi connectivity index (χ2n) is 4.68. The van der Waals surface area contributed by atoms with Gasteiger partial charge < -0.3 is 4.74 Å². The molecule has 0 aliphatic heterocycles. The second kappa shape index (κ2) is 5.01. The highest BCUT2D eigenvalue weighted by molar-refractivity contribution is 5.95. The van der Waals surface area contributed by atoms with E-state index in [0.29, 0.717) is 16.6 Å². The van der Waals surface area contributed by atoms with Crippen LogP contribution < -0.4 is 0 Å². The summed E-state index contributed by atoms with van der Waals surface area (Å²) in [5, 5.41) is 4.85. The van der Waals surface area contributed by atoms with Crippen molar-refractivity contribution in [1.29, 1.82) is 0 Å². The van der Waals surface area contributed by atoms with Crippen LogP contribution in [-0.2, 0) is 11.8 Å². The molecule has 0 radical (unpaired) electrons. The van der Waals surface area contributed by atoms with Gasteiger partial charge in [-0.25, -0.2) is 9.18 Å². The summed E-state index contributed by atoms with van der Waals surface area (Å²) in [5.74, 6) is -0.716. The maximum absolute atomic E-state index is 14.1. The average molecular weight is 284 g/mol. The van der Waals surface area contributed by atoms with E-state index in [-0.39, 0.29) is 5.82 Å². The van der Waals surface area contributed by atoms with Crippen molar-refractivity contribution >= 4 is 16.9 Å². The number of carbonyl (C=O) groups excluding carboxylic acids is 1. The Labute approximate surface area is 120 Å². The number of halogens is 1. The molecule has 0 aliphatic carbocycles. The maximum atomic E-state index is 14.1. The summed E-state index contributed by atoms with van der Waals surface area (Å²) in [6.45, 7) is 0. The molecular formula is C16H13FN2O2. The fraction of sp³-hybridized carbons (Fsp3) is 0.125. The normalized spacial score (nSPS) is 10.8. The van der Waals surface area contributed by atoms with Gasteiger partial charge in [0.1, 0.15) is 11.5 Å². The monoisotopic (exact) mass is 284 g/mol. The van der Waals surface area contributed by atoms with E-state index in [0.717, 1.165) is 11.1 Å². The highest BCUT2D eigenvalue weighted by Crippen LogP contribution is 2.29. The Hall–Kier alpha value is -2.69. The molecule has 106 valence electrons. The number of rotatable bonds is 2. The van der Waals surface area contributed by atoms with E-state index >= 15 is 0 Å². The zero-order valence-electron chi connectivity index (χ0n) is 11.6. The number of fused-ring (bicyclic) bond motifs is 1. The summed E-state index contributed by atoms with van der Waals surface area (Å²) in [4.78, 5) is 11.4. The standard InChI is InChI=1S/C16H13FN2O2/c1-19-13-5-3-4-12(17)14(13)15(18-19)10-6-8-11(9-7-10)16(20)21-2/h3-9H,1-2H3. The molecule has 0 bridgehead atoms. The van der Waals surface area contributed by atoms with Crippen molar-refractivity contribution in [2.75, 3.05) is 7.11 Å². The van der Waals surface area contributed by atoms with Crippen LogP contribution in [0.4, 0.5) is 4.39 Å². The quantitative estimate of drug-likeness (QED) is 0.679. The van der Waals surface area contributed by atoms with Crippen molar-refractivity contribution in [2.24, 2.45) is 7.05 Å². The molecule has 0 amide bonds. The van der Waals surface area contributed by atoms with Gasteiger partial charge in [-0.15, -0.1) is 0 Å². The first-order valence-electron chi connectivity index (χ1n) is 6.42. The van der Waals surface area contributed by atoms with Crippen molar-refractivity contribution in [2.45, 2.75) is 0 Å². The van der Waals surface area contributed by atoms with Gasteiger partial charge in [0.05, 0.1) is 23.6 Å². The lowest BCUT2D eigenvalue weighted by atomic mass is 10.1. The van der Waals surface area contributed by atoms with Gasteiger partial charge in [-0.3, -0.25) is 4.68 Å². The van der Waals surface area contributed by atoms with E-state index in [2.05, 4.69) is 9.84 Å². The van der Waals surface area contributed by atoms with Crippen molar-refractivity contribution in [3.63, 3.8) is 0 Å². The summed E-state index contributed by atoms with van der Waals surface area (Å²) in [6, 6.07) is 11.6. The SMILES string of the molecule is COC(=O)c1ccc(-c2nn(C)c3cccc(F)c23)cc1. The van der Waals surface area contributed by atoms with Crippen LogP contribution in [-0.4, -0.2) is 22.9 Å². The molecule has 0 spiro atoms. The lowest BCUT2D eigenvalue weighted by molar-refractivity contribution is 0.0601. The Bertz CT molecular complexity index is 822. The summed E-state index contributed by atoms with van der Waals surface area (Å²) >= 11 is 0. The molecule has 0 saturated carbocycles. The van der Waals surface area contributed by atoms with Gasteiger partial charge in [0.25, 0.3) is 0 Å². The Morgan fingerprint density at radius 3 is 2.57 bits per heavy atom. The van der Waals surface area contributed by atoms with Crippen LogP contribution in [0.3, 0.4) is 0 Å². The third-order valence-corrected chi connectivity index (χ3v) is 3.41. The molecule has 3 aromatic rings. The van der Waals surface area contributed by atoms with Gasteiger partial charge in [-0.1, -0.05) is 18.2 Å². The van der Waals surface area contributed by atoms with Gasteiger partial charge in [-0.2, -0.15) is 5.10 Å². The number of ether oxygens (including phenoxy) is 1. The van der Waals surface area contributed by atoms with E-state index in [1.54, 1.807) is 42.1 Å². The molecule has 5 heteroatoms. The highest BCUT2D eigenvalue weighted by Gasteiger charge is 2.15. The Morgan fingerprint density at radius 1 is 1.19 bits per heavy atom. The third-order valence-electron chi connectivity index (χ3n) is 3.41. The lowest BCUT2D eigenvalue weighted by Crippen LogP contribution is -2.00. The molecule has 3 rings (SSSR count). The third kappa shape index (κ3) is 2.16. The smallest absolute Gasteiger partial charge is 0.337 e. The van der Waals surface area contributed by atoms with E-state index in [4.69, 9.17) is 0 Å². The Balaban J connectivity index is 2.15. The predicted octanol–water partition coefficient (Wildman–Crippen LogP) is 3.17. The summed E-state index contributed by atoms with van der Waals surface area (Å²) < 4.78 is 20.4. The average Bonchev–Trinajstić information content (AvgIpc) is 2.85. The number of benzene rings is 2. The number of esters is 1. The van der Waals surface area contributed by atoms with E-state index in [9.17, 15) is 9.18 Å². The van der Waals surface area contributed by atoms with Crippen LogP contribution in [0.5, 0.6) is 0 Å². The molecule has 0 aliphatic rings. The Kier molecular flexibility index (Phi) is 3.17. The molecule has 4 nitrogen and oxygen atoms in total. The van der Waals surface area contributed by atoms with Crippen LogP contribution in [0.2, 0.25) is 0 Å². The first kappa shape index (κ1) is 13.3. The van der Waals surface area contributed by atoms with E-state index < -0.39 is 5.97 Å². The minimum absolute atomic E-state index is 0.312. The first-order valence-corrected chi connectivity index (χ1v) is 6.42. The number of aromatic nitrogens is 2. The predicted molar refractivity (Wildman–Crippen MR) is 77.4 cm³/mol. The summed E-state index contributed by atoms with van der Waals surface area (Å²) in [6.07, 6.45) is 0. The molecule has 21 heavy (non-hydrogen) atoms. The molecule has 0 N–H and O–H groups in total. The minimum atomic E-state index is -0.404. The van der Waals surface area contributed by atoms with Crippen LogP contribution >= 0.6 is 0 Å². The van der Waals surface area contributed by atoms with Crippen LogP contribution in [0.1, 0.15) is 10.4 Å². The zero-order chi connectivity index (χ0) is 15.0. The molecule has 0 atom stereocenters. The second-order valence-corrected chi connectivity index (χ2v) is 4.68. The molecule has 1 heterocycles. The molecule has 0 fully saturated rings. The fourth-order valence-corrected chi connectivity index (χ4v) is 2.35. The largest absolute Gasteiger partial charge is 0.465 e. The van der Waals surface area contributed by atoms with Crippen LogP contribution in [0.15, 0.2) is 42.5 Å². The molecular weight excluding hydrogens is 271 g/mol. The van der Waals surface area contributed by atoms with Crippen molar-refractivity contribution < 1.29 is 13.9 Å². The summed E-state index contributed by atoms with van der Waals surface area (Å²) in [5.41, 5.74) is 2.48. The lowest BCUT2D eigenvalue weighted by Gasteiger charge is -2.01. The van der Waals surface area contributed by atoms with Gasteiger partial charge >= 0.3 is 5.97 Å². The summed E-state index contributed by atoms with van der Waals surface area (Å²) in [7, 11) is 3.10. The molecule has 2 aromatic carbocycles. The van der Waals surface area contributed by atoms with Crippen molar-refractivity contribution in [1.82, 2.24) is 9.78 Å². The Morgan fingerprint density at radius 2 is 1.90 bits per heavy atom. The topological polar surface area (TPSA) is 44.1 Å². The van der Waals surface area contributed by atoms with E-state index in [1.165, 1.54) is 13.2 Å². The number of aryl methyl sites for hydroxylation is 1. The number of hydrogen-bond donors (Lipinski definition) is 0. The number of methoxy groups -OCH3 is 1. The van der Waals surface area contributed by atoms with Crippen LogP contribution in [0, 0.1) is 5.82 Å². The number of hydrogen-bond acceptors (Lipinski definition) is 3. The van der Waals surface area contributed by atoms with Gasteiger partial charge in [0.15, 0.2) is 0 Å². The zero-order valence-corrected chi connectivity index (χ0v) is 11.6. The molecule has 0 unspecified atom stereocenters. The minimum Gasteiger partial charge on any atom is -0.465 e. The van der Waals surface area contributed by atoms with Gasteiger partial charge in [0, 0.05) is 12.6 Å². The number of carbonyl (C=O) groups is 1.